The molecule has 2 N–H and O–H groups in total. The van der Waals surface area contributed by atoms with Crippen molar-refractivity contribution in [2.45, 2.75) is 238 Å². The van der Waals surface area contributed by atoms with Crippen LogP contribution in [0.4, 0.5) is 0 Å². The van der Waals surface area contributed by atoms with E-state index >= 15 is 0 Å². The average Bonchev–Trinajstić information content (AvgIpc) is 3.32. The van der Waals surface area contributed by atoms with Crippen molar-refractivity contribution in [1.82, 2.24) is 0 Å². The Hall–Kier alpha value is -2.55. The van der Waals surface area contributed by atoms with Gasteiger partial charge in [-0.1, -0.05) is 242 Å². The normalized spacial score (nSPS) is 13.7. The maximum Gasteiger partial charge on any atom is 0.311 e. The zero-order valence-electron chi connectivity index (χ0n) is 43.2. The van der Waals surface area contributed by atoms with Gasteiger partial charge in [-0.05, 0) is 79.6 Å². The standard InChI is InChI=1S/C59H100O6Si/c1-6-8-10-12-14-16-18-20-22-24-26-28-30-32-34-42-48-56(58(62)63-49-43-35-33-31-29-27-25-23-21-19-17-15-13-11-9-7-2)57(64-51-53(61)50-60)52-65-66(59(3,4)5,54-44-38-36-39-45-54)55-46-40-37-41-47-55/h20-23,36-41,44-47,53,56-57,60-61H,6-19,24-35,42-43,48-52H2,1-5H3/b22-20-,23-21-. The molecule has 376 valence electrons. The molecule has 3 atom stereocenters. The molecule has 2 aromatic rings. The van der Waals surface area contributed by atoms with Crippen molar-refractivity contribution >= 4 is 24.7 Å². The Balaban J connectivity index is 2.04. The van der Waals surface area contributed by atoms with Gasteiger partial charge in [-0.25, -0.2) is 0 Å². The number of unbranched alkanes of at least 4 members (excludes halogenated alkanes) is 24. The molecular formula is C59H100O6Si. The fourth-order valence-corrected chi connectivity index (χ4v) is 13.8. The van der Waals surface area contributed by atoms with E-state index in [0.717, 1.165) is 55.3 Å². The summed E-state index contributed by atoms with van der Waals surface area (Å²) >= 11 is 0. The number of benzene rings is 2. The molecule has 6 nitrogen and oxygen atoms in total. The highest BCUT2D eigenvalue weighted by molar-refractivity contribution is 6.99. The first-order chi connectivity index (χ1) is 32.2. The maximum absolute atomic E-state index is 14.2. The zero-order valence-corrected chi connectivity index (χ0v) is 44.2. The molecule has 0 spiro atoms. The number of carbonyl (C=O) groups is 1. The number of ether oxygens (including phenoxy) is 2. The number of carbonyl (C=O) groups excluding carboxylic acids is 1. The summed E-state index contributed by atoms with van der Waals surface area (Å²) in [7, 11) is -2.95. The first-order valence-electron chi connectivity index (χ1n) is 27.3. The van der Waals surface area contributed by atoms with Crippen molar-refractivity contribution < 1.29 is 28.9 Å². The van der Waals surface area contributed by atoms with E-state index in [1.807, 2.05) is 12.1 Å². The summed E-state index contributed by atoms with van der Waals surface area (Å²) in [4.78, 5) is 14.2. The molecule has 0 radical (unpaired) electrons. The molecular weight excluding hydrogens is 833 g/mol. The van der Waals surface area contributed by atoms with Crippen LogP contribution in [0.2, 0.25) is 5.04 Å². The van der Waals surface area contributed by atoms with E-state index in [0.29, 0.717) is 13.0 Å². The summed E-state index contributed by atoms with van der Waals surface area (Å²) in [5, 5.41) is 22.3. The summed E-state index contributed by atoms with van der Waals surface area (Å²) in [6, 6.07) is 21.1. The highest BCUT2D eigenvalue weighted by atomic mass is 28.4. The third kappa shape index (κ3) is 26.3. The van der Waals surface area contributed by atoms with Gasteiger partial charge in [-0.3, -0.25) is 4.79 Å². The van der Waals surface area contributed by atoms with Gasteiger partial charge in [0.1, 0.15) is 6.10 Å². The molecule has 0 amide bonds. The molecule has 0 aliphatic heterocycles. The third-order valence-corrected chi connectivity index (χ3v) is 18.3. The van der Waals surface area contributed by atoms with E-state index in [9.17, 15) is 15.0 Å². The van der Waals surface area contributed by atoms with Crippen molar-refractivity contribution in [3.63, 3.8) is 0 Å². The van der Waals surface area contributed by atoms with Gasteiger partial charge >= 0.3 is 5.97 Å². The molecule has 0 fully saturated rings. The van der Waals surface area contributed by atoms with Crippen molar-refractivity contribution in [3.8, 4) is 0 Å². The SMILES string of the molecule is CCCCCCCC/C=C\CCCCCCCCOC(=O)C(CCCCCCCC/C=C\CCCCCCCC)C(CO[Si](c1ccccc1)(c1ccccc1)C(C)(C)C)OCC(O)CO. The van der Waals surface area contributed by atoms with Crippen molar-refractivity contribution in [3.05, 3.63) is 85.0 Å². The monoisotopic (exact) mass is 933 g/mol. The molecule has 2 aromatic carbocycles. The highest BCUT2D eigenvalue weighted by Crippen LogP contribution is 2.37. The molecule has 0 bridgehead atoms. The van der Waals surface area contributed by atoms with Crippen LogP contribution >= 0.6 is 0 Å². The molecule has 7 heteroatoms. The van der Waals surface area contributed by atoms with Crippen LogP contribution in [0.5, 0.6) is 0 Å². The molecule has 2 rings (SSSR count). The number of aliphatic hydroxyl groups excluding tert-OH is 2. The Morgan fingerprint density at radius 1 is 0.561 bits per heavy atom. The number of aliphatic hydroxyl groups is 2. The Kier molecular flexibility index (Phi) is 35.5. The van der Waals surface area contributed by atoms with Gasteiger partial charge in [0.05, 0.1) is 38.4 Å². The molecule has 0 heterocycles. The second-order valence-electron chi connectivity index (χ2n) is 20.1. The summed E-state index contributed by atoms with van der Waals surface area (Å²) < 4.78 is 19.9. The minimum Gasteiger partial charge on any atom is -0.465 e. The van der Waals surface area contributed by atoms with E-state index < -0.39 is 33.1 Å². The average molecular weight is 934 g/mol. The molecule has 0 saturated carbocycles. The van der Waals surface area contributed by atoms with Crippen molar-refractivity contribution in [1.29, 1.82) is 0 Å². The van der Waals surface area contributed by atoms with E-state index in [1.165, 1.54) is 135 Å². The van der Waals surface area contributed by atoms with E-state index in [1.54, 1.807) is 0 Å². The lowest BCUT2D eigenvalue weighted by atomic mass is 9.95. The predicted molar refractivity (Wildman–Crippen MR) is 284 cm³/mol. The van der Waals surface area contributed by atoms with Crippen LogP contribution in [0, 0.1) is 5.92 Å². The lowest BCUT2D eigenvalue weighted by Crippen LogP contribution is -2.67. The highest BCUT2D eigenvalue weighted by Gasteiger charge is 2.51. The summed E-state index contributed by atoms with van der Waals surface area (Å²) in [5.74, 6) is -0.801. The molecule has 3 unspecified atom stereocenters. The Labute approximate surface area is 407 Å². The van der Waals surface area contributed by atoms with E-state index in [2.05, 4.69) is 107 Å². The van der Waals surface area contributed by atoms with Crippen molar-refractivity contribution in [2.24, 2.45) is 5.92 Å². The minimum absolute atomic E-state index is 0.0859. The largest absolute Gasteiger partial charge is 0.465 e. The topological polar surface area (TPSA) is 85.2 Å². The van der Waals surface area contributed by atoms with Gasteiger partial charge in [0.25, 0.3) is 8.32 Å². The third-order valence-electron chi connectivity index (χ3n) is 13.3. The molecule has 66 heavy (non-hydrogen) atoms. The van der Waals surface area contributed by atoms with E-state index in [4.69, 9.17) is 13.9 Å². The van der Waals surface area contributed by atoms with Crippen LogP contribution in [0.15, 0.2) is 85.0 Å². The predicted octanol–water partition coefficient (Wildman–Crippen LogP) is 14.9. The fraction of sp³-hybridized carbons (Fsp3) is 0.712. The number of hydrogen-bond acceptors (Lipinski definition) is 6. The molecule has 0 aliphatic rings. The second kappa shape index (κ2) is 39.3. The number of esters is 1. The number of rotatable bonds is 43. The fourth-order valence-electron chi connectivity index (χ4n) is 9.23. The van der Waals surface area contributed by atoms with Gasteiger partial charge < -0.3 is 24.1 Å². The molecule has 0 aromatic heterocycles. The minimum atomic E-state index is -2.95. The van der Waals surface area contributed by atoms with Gasteiger partial charge in [0.2, 0.25) is 0 Å². The molecule has 0 saturated heterocycles. The summed E-state index contributed by atoms with van der Waals surface area (Å²) in [6.45, 7) is 11.4. The first kappa shape index (κ1) is 59.6. The van der Waals surface area contributed by atoms with Crippen molar-refractivity contribution in [2.75, 3.05) is 26.4 Å². The van der Waals surface area contributed by atoms with Crippen LogP contribution in [0.3, 0.4) is 0 Å². The Morgan fingerprint density at radius 3 is 1.36 bits per heavy atom. The smallest absolute Gasteiger partial charge is 0.311 e. The van der Waals surface area contributed by atoms with Crippen LogP contribution in [0.1, 0.15) is 221 Å². The van der Waals surface area contributed by atoms with Crippen LogP contribution in [-0.2, 0) is 18.7 Å². The van der Waals surface area contributed by atoms with Gasteiger partial charge in [0.15, 0.2) is 0 Å². The summed E-state index contributed by atoms with van der Waals surface area (Å²) in [5.41, 5.74) is 0. The lowest BCUT2D eigenvalue weighted by molar-refractivity contribution is -0.158. The quantitative estimate of drug-likeness (QED) is 0.0298. The molecule has 0 aliphatic carbocycles. The number of hydrogen-bond donors (Lipinski definition) is 2. The van der Waals surface area contributed by atoms with Crippen LogP contribution in [0.25, 0.3) is 0 Å². The van der Waals surface area contributed by atoms with E-state index in [-0.39, 0.29) is 24.2 Å². The zero-order chi connectivity index (χ0) is 47.8. The number of allylic oxidation sites excluding steroid dienone is 4. The summed E-state index contributed by atoms with van der Waals surface area (Å²) in [6.07, 6.45) is 42.8. The van der Waals surface area contributed by atoms with Gasteiger partial charge in [0, 0.05) is 0 Å². The van der Waals surface area contributed by atoms with Gasteiger partial charge in [-0.15, -0.1) is 0 Å². The maximum atomic E-state index is 14.2. The second-order valence-corrected chi connectivity index (χ2v) is 24.4. The Bertz CT molecular complexity index is 1420. The van der Waals surface area contributed by atoms with Crippen LogP contribution in [-0.4, -0.2) is 63.1 Å². The first-order valence-corrected chi connectivity index (χ1v) is 29.2. The lowest BCUT2D eigenvalue weighted by Gasteiger charge is -2.44. The van der Waals surface area contributed by atoms with Crippen LogP contribution < -0.4 is 10.4 Å². The Morgan fingerprint density at radius 2 is 0.955 bits per heavy atom. The van der Waals surface area contributed by atoms with Gasteiger partial charge in [-0.2, -0.15) is 0 Å².